The zero-order valence-electron chi connectivity index (χ0n) is 17.7. The molecule has 29 heavy (non-hydrogen) atoms. The molecule has 1 atom stereocenters. The van der Waals surface area contributed by atoms with Crippen molar-refractivity contribution in [1.29, 1.82) is 0 Å². The Labute approximate surface area is 176 Å². The number of carbonyl (C=O) groups excluding carboxylic acids is 3. The maximum Gasteiger partial charge on any atom is 0.325 e. The second-order valence-electron chi connectivity index (χ2n) is 7.85. The van der Waals surface area contributed by atoms with Crippen LogP contribution in [0.2, 0.25) is 5.02 Å². The number of hydrogen-bond acceptors (Lipinski definition) is 7. The first-order chi connectivity index (χ1) is 13.1. The van der Waals surface area contributed by atoms with Gasteiger partial charge in [0.05, 0.1) is 11.6 Å². The third-order valence-electron chi connectivity index (χ3n) is 3.77. The Hall–Kier alpha value is -1.93. The van der Waals surface area contributed by atoms with E-state index in [2.05, 4.69) is 0 Å². The van der Waals surface area contributed by atoms with E-state index in [1.54, 1.807) is 41.5 Å². The smallest absolute Gasteiger partial charge is 0.325 e. The molecule has 1 aromatic rings. The van der Waals surface area contributed by atoms with E-state index < -0.39 is 44.8 Å². The lowest BCUT2D eigenvalue weighted by Gasteiger charge is -2.24. The van der Waals surface area contributed by atoms with E-state index in [1.165, 1.54) is 12.1 Å². The summed E-state index contributed by atoms with van der Waals surface area (Å²) in [4.78, 5) is 38.2. The molecule has 9 heteroatoms. The van der Waals surface area contributed by atoms with Crippen LogP contribution in [0, 0.1) is 11.8 Å². The second kappa shape index (κ2) is 9.26. The number of esters is 1. The molecule has 0 heterocycles. The van der Waals surface area contributed by atoms with Gasteiger partial charge in [-0.05, 0) is 39.8 Å². The molecular formula is C20H27ClO7S. The van der Waals surface area contributed by atoms with E-state index in [-0.39, 0.29) is 27.8 Å². The highest BCUT2D eigenvalue weighted by Crippen LogP contribution is 2.37. The summed E-state index contributed by atoms with van der Waals surface area (Å²) < 4.78 is 34.6. The van der Waals surface area contributed by atoms with Crippen LogP contribution in [-0.2, 0) is 24.2 Å². The van der Waals surface area contributed by atoms with Crippen molar-refractivity contribution in [3.63, 3.8) is 0 Å². The molecule has 0 spiro atoms. The van der Waals surface area contributed by atoms with Gasteiger partial charge in [-0.2, -0.15) is 0 Å². The van der Waals surface area contributed by atoms with Crippen molar-refractivity contribution in [3.8, 4) is 5.75 Å². The predicted molar refractivity (Wildman–Crippen MR) is 109 cm³/mol. The Morgan fingerprint density at radius 1 is 1.14 bits per heavy atom. The number of ketones is 2. The molecule has 162 valence electrons. The van der Waals surface area contributed by atoms with E-state index in [0.29, 0.717) is 0 Å². The topological polar surface area (TPSA) is 104 Å². The number of benzene rings is 1. The van der Waals surface area contributed by atoms with Crippen LogP contribution in [0.5, 0.6) is 5.75 Å². The van der Waals surface area contributed by atoms with E-state index in [1.807, 2.05) is 0 Å². The van der Waals surface area contributed by atoms with Crippen molar-refractivity contribution >= 4 is 39.0 Å². The van der Waals surface area contributed by atoms with Crippen molar-refractivity contribution in [2.75, 3.05) is 12.9 Å². The van der Waals surface area contributed by atoms with Gasteiger partial charge in [0.1, 0.15) is 10.5 Å². The fourth-order valence-corrected chi connectivity index (χ4v) is 3.68. The number of rotatable bonds is 8. The summed E-state index contributed by atoms with van der Waals surface area (Å²) in [6.45, 7) is 9.71. The van der Waals surface area contributed by atoms with Crippen LogP contribution < -0.4 is 4.74 Å². The van der Waals surface area contributed by atoms with Crippen LogP contribution in [-0.4, -0.2) is 44.4 Å². The number of halogens is 1. The number of carbonyl (C=O) groups is 3. The predicted octanol–water partition coefficient (Wildman–Crippen LogP) is 3.51. The average Bonchev–Trinajstić information content (AvgIpc) is 2.53. The summed E-state index contributed by atoms with van der Waals surface area (Å²) >= 11 is 6.29. The summed E-state index contributed by atoms with van der Waals surface area (Å²) in [7, 11) is -3.69. The Balaban J connectivity index is 3.59. The molecular weight excluding hydrogens is 420 g/mol. The molecule has 0 amide bonds. The maximum atomic E-state index is 13.1. The molecule has 0 aliphatic rings. The summed E-state index contributed by atoms with van der Waals surface area (Å²) in [5, 5.41) is -0.273. The Bertz CT molecular complexity index is 911. The van der Waals surface area contributed by atoms with Crippen LogP contribution in [0.3, 0.4) is 0 Å². The van der Waals surface area contributed by atoms with Gasteiger partial charge in [0.15, 0.2) is 33.1 Å². The maximum absolute atomic E-state index is 13.1. The Kier molecular flexibility index (Phi) is 8.01. The molecule has 0 saturated carbocycles. The number of sulfone groups is 1. The Morgan fingerprint density at radius 3 is 2.10 bits per heavy atom. The van der Waals surface area contributed by atoms with E-state index >= 15 is 0 Å². The first kappa shape index (κ1) is 25.1. The van der Waals surface area contributed by atoms with Gasteiger partial charge in [0.2, 0.25) is 0 Å². The second-order valence-corrected chi connectivity index (χ2v) is 10.2. The van der Waals surface area contributed by atoms with E-state index in [4.69, 9.17) is 21.1 Å². The molecule has 7 nitrogen and oxygen atoms in total. The summed E-state index contributed by atoms with van der Waals surface area (Å²) in [5.74, 6) is -5.00. The summed E-state index contributed by atoms with van der Waals surface area (Å²) in [6, 6.07) is 2.35. The van der Waals surface area contributed by atoms with Gasteiger partial charge in [-0.25, -0.2) is 8.42 Å². The number of Topliss-reactive ketones (excluding diaryl/α,β-unsaturated/α-hetero) is 2. The van der Waals surface area contributed by atoms with E-state index in [0.717, 1.165) is 6.26 Å². The first-order valence-electron chi connectivity index (χ1n) is 9.08. The fourth-order valence-electron chi connectivity index (χ4n) is 2.50. The monoisotopic (exact) mass is 446 g/mol. The molecule has 0 N–H and O–H groups in total. The molecule has 1 unspecified atom stereocenters. The van der Waals surface area contributed by atoms with Gasteiger partial charge in [0, 0.05) is 17.7 Å². The van der Waals surface area contributed by atoms with E-state index in [9.17, 15) is 22.8 Å². The van der Waals surface area contributed by atoms with Crippen molar-refractivity contribution in [2.45, 2.75) is 52.0 Å². The number of ether oxygens (including phenoxy) is 2. The van der Waals surface area contributed by atoms with Gasteiger partial charge >= 0.3 is 5.97 Å². The lowest BCUT2D eigenvalue weighted by atomic mass is 9.88. The highest BCUT2D eigenvalue weighted by atomic mass is 35.5. The van der Waals surface area contributed by atoms with Gasteiger partial charge in [-0.1, -0.05) is 25.4 Å². The minimum Gasteiger partial charge on any atom is -0.491 e. The normalized spacial score (nSPS) is 13.1. The van der Waals surface area contributed by atoms with Crippen LogP contribution in [0.1, 0.15) is 51.9 Å². The number of hydrogen-bond donors (Lipinski definition) is 0. The van der Waals surface area contributed by atoms with Crippen LogP contribution in [0.15, 0.2) is 17.0 Å². The minimum absolute atomic E-state index is 0.0975. The molecule has 1 aromatic carbocycles. The van der Waals surface area contributed by atoms with Gasteiger partial charge < -0.3 is 9.47 Å². The highest BCUT2D eigenvalue weighted by Gasteiger charge is 2.40. The fraction of sp³-hybridized carbons (Fsp3) is 0.550. The molecule has 0 saturated heterocycles. The summed E-state index contributed by atoms with van der Waals surface area (Å²) in [5.41, 5.74) is -1.10. The van der Waals surface area contributed by atoms with Crippen molar-refractivity contribution in [1.82, 2.24) is 0 Å². The molecule has 0 aliphatic heterocycles. The average molecular weight is 447 g/mol. The van der Waals surface area contributed by atoms with Crippen molar-refractivity contribution < 1.29 is 32.3 Å². The minimum atomic E-state index is -3.69. The highest BCUT2D eigenvalue weighted by molar-refractivity contribution is 7.90. The van der Waals surface area contributed by atoms with Gasteiger partial charge in [0.25, 0.3) is 0 Å². The third-order valence-corrected chi connectivity index (χ3v) is 5.27. The van der Waals surface area contributed by atoms with Crippen LogP contribution in [0.25, 0.3) is 0 Å². The molecule has 0 aliphatic carbocycles. The lowest BCUT2D eigenvalue weighted by molar-refractivity contribution is -0.160. The SMILES string of the molecule is CCOc1c(S(C)(=O)=O)ccc(C(=O)C(C(=O)OC(C)(C)C)C(=O)C(C)C)c1Cl. The molecule has 0 aromatic heterocycles. The zero-order chi connectivity index (χ0) is 22.7. The van der Waals surface area contributed by atoms with Crippen LogP contribution >= 0.6 is 11.6 Å². The van der Waals surface area contributed by atoms with Crippen molar-refractivity contribution in [3.05, 3.63) is 22.7 Å². The zero-order valence-corrected chi connectivity index (χ0v) is 19.2. The van der Waals surface area contributed by atoms with Gasteiger partial charge in [-0.3, -0.25) is 14.4 Å². The first-order valence-corrected chi connectivity index (χ1v) is 11.3. The van der Waals surface area contributed by atoms with Gasteiger partial charge in [-0.15, -0.1) is 0 Å². The lowest BCUT2D eigenvalue weighted by Crippen LogP contribution is -2.39. The largest absolute Gasteiger partial charge is 0.491 e. The molecule has 0 fully saturated rings. The third kappa shape index (κ3) is 6.27. The van der Waals surface area contributed by atoms with Crippen molar-refractivity contribution in [2.24, 2.45) is 11.8 Å². The Morgan fingerprint density at radius 2 is 1.69 bits per heavy atom. The van der Waals surface area contributed by atoms with Crippen LogP contribution in [0.4, 0.5) is 0 Å². The summed E-state index contributed by atoms with van der Waals surface area (Å²) in [6.07, 6.45) is 0.981. The molecule has 0 bridgehead atoms. The molecule has 0 radical (unpaired) electrons. The standard InChI is InChI=1S/C20H27ClO7S/c1-8-27-18-13(29(7,25)26)10-9-12(15(18)21)17(23)14(16(22)11(2)3)19(24)28-20(4,5)6/h9-11,14H,8H2,1-7H3. The molecule has 1 rings (SSSR count). The quantitative estimate of drug-likeness (QED) is 0.342.